The Labute approximate surface area is 215 Å². The highest BCUT2D eigenvalue weighted by Crippen LogP contribution is 2.67. The lowest BCUT2D eigenvalue weighted by Crippen LogP contribution is -2.52. The van der Waals surface area contributed by atoms with Crippen molar-refractivity contribution in [1.29, 1.82) is 0 Å². The topological polar surface area (TPSA) is 52.6 Å². The molecule has 3 aliphatic carbocycles. The maximum atomic E-state index is 12.8. The molecule has 0 saturated heterocycles. The van der Waals surface area contributed by atoms with Crippen LogP contribution >= 0.6 is 0 Å². The number of carbonyl (C=O) groups is 2. The van der Waals surface area contributed by atoms with Gasteiger partial charge in [-0.15, -0.1) is 0 Å². The summed E-state index contributed by atoms with van der Waals surface area (Å²) >= 11 is 0. The highest BCUT2D eigenvalue weighted by Gasteiger charge is 2.60. The van der Waals surface area contributed by atoms with Crippen molar-refractivity contribution in [2.24, 2.45) is 51.8 Å². The van der Waals surface area contributed by atoms with Gasteiger partial charge in [0.15, 0.2) is 0 Å². The van der Waals surface area contributed by atoms with Crippen LogP contribution in [-0.4, -0.2) is 26.2 Å². The van der Waals surface area contributed by atoms with Crippen LogP contribution in [0.25, 0.3) is 0 Å². The molecule has 3 rings (SSSR count). The van der Waals surface area contributed by atoms with Crippen molar-refractivity contribution in [2.45, 2.75) is 106 Å². The van der Waals surface area contributed by atoms with E-state index in [2.05, 4.69) is 40.7 Å². The van der Waals surface area contributed by atoms with E-state index in [9.17, 15) is 9.59 Å². The SMILES string of the molecule is COC(=O)C[C@]1(C)C(C(C)(C)C(=O)OC)=CC[C@H]2[C@H]1CC[C@]1(C)[C@@H]([C@H](C)CCCC(C)C)CC[C@@H]21. The number of rotatable bonds is 9. The van der Waals surface area contributed by atoms with Gasteiger partial charge in [0.2, 0.25) is 0 Å². The molecule has 0 bridgehead atoms. The lowest BCUT2D eigenvalue weighted by atomic mass is 9.46. The van der Waals surface area contributed by atoms with Crippen LogP contribution in [-0.2, 0) is 19.1 Å². The number of carbonyl (C=O) groups excluding carboxylic acids is 2. The van der Waals surface area contributed by atoms with E-state index in [-0.39, 0.29) is 11.9 Å². The Hall–Kier alpha value is -1.32. The first-order valence-electron chi connectivity index (χ1n) is 14.2. The van der Waals surface area contributed by atoms with E-state index >= 15 is 0 Å². The normalized spacial score (nSPS) is 35.7. The molecule has 35 heavy (non-hydrogen) atoms. The standard InChI is InChI=1S/C31H52O4/c1-20(2)11-10-12-21(3)23-14-15-24-22-13-16-26(29(4,5)28(33)35-9)31(7,19-27(32)34-8)25(22)17-18-30(23,24)6/h16,20-25H,10-15,17-19H2,1-9H3/t21-,22-,23-,24+,25-,30-,31+/m1/s1. The van der Waals surface area contributed by atoms with Gasteiger partial charge < -0.3 is 9.47 Å². The molecule has 0 spiro atoms. The van der Waals surface area contributed by atoms with Crippen molar-refractivity contribution in [3.8, 4) is 0 Å². The summed E-state index contributed by atoms with van der Waals surface area (Å²) in [4.78, 5) is 25.5. The third-order valence-electron chi connectivity index (χ3n) is 10.8. The minimum absolute atomic E-state index is 0.184. The van der Waals surface area contributed by atoms with Gasteiger partial charge in [0.25, 0.3) is 0 Å². The van der Waals surface area contributed by atoms with Crippen LogP contribution in [0.5, 0.6) is 0 Å². The Morgan fingerprint density at radius 1 is 1.03 bits per heavy atom. The Morgan fingerprint density at radius 2 is 1.71 bits per heavy atom. The Morgan fingerprint density at radius 3 is 2.31 bits per heavy atom. The van der Waals surface area contributed by atoms with Crippen LogP contribution in [0.4, 0.5) is 0 Å². The van der Waals surface area contributed by atoms with Gasteiger partial charge in [0.05, 0.1) is 26.1 Å². The summed E-state index contributed by atoms with van der Waals surface area (Å²) in [5.74, 6) is 3.58. The summed E-state index contributed by atoms with van der Waals surface area (Å²) in [6.45, 7) is 15.9. The predicted octanol–water partition coefficient (Wildman–Crippen LogP) is 7.61. The lowest BCUT2D eigenvalue weighted by Gasteiger charge is -2.58. The van der Waals surface area contributed by atoms with Gasteiger partial charge in [0, 0.05) is 5.41 Å². The van der Waals surface area contributed by atoms with Crippen molar-refractivity contribution in [1.82, 2.24) is 0 Å². The molecule has 4 nitrogen and oxygen atoms in total. The van der Waals surface area contributed by atoms with E-state index in [4.69, 9.17) is 9.47 Å². The number of ether oxygens (including phenoxy) is 2. The monoisotopic (exact) mass is 488 g/mol. The third-order valence-corrected chi connectivity index (χ3v) is 10.8. The zero-order chi connectivity index (χ0) is 26.2. The molecule has 0 N–H and O–H groups in total. The molecule has 200 valence electrons. The van der Waals surface area contributed by atoms with E-state index < -0.39 is 10.8 Å². The highest BCUT2D eigenvalue weighted by atomic mass is 16.5. The minimum atomic E-state index is -0.758. The zero-order valence-corrected chi connectivity index (χ0v) is 24.0. The number of hydrogen-bond donors (Lipinski definition) is 0. The molecule has 0 aromatic heterocycles. The minimum Gasteiger partial charge on any atom is -0.469 e. The summed E-state index contributed by atoms with van der Waals surface area (Å²) in [6.07, 6.45) is 12.6. The Kier molecular flexibility index (Phi) is 8.54. The van der Waals surface area contributed by atoms with Crippen LogP contribution in [0.3, 0.4) is 0 Å². The molecule has 0 amide bonds. The van der Waals surface area contributed by atoms with Crippen LogP contribution in [0, 0.1) is 51.8 Å². The van der Waals surface area contributed by atoms with Crippen molar-refractivity contribution in [3.05, 3.63) is 11.6 Å². The molecule has 7 atom stereocenters. The summed E-state index contributed by atoms with van der Waals surface area (Å²) in [5.41, 5.74) is 0.305. The highest BCUT2D eigenvalue weighted by molar-refractivity contribution is 5.81. The van der Waals surface area contributed by atoms with E-state index in [0.29, 0.717) is 29.6 Å². The molecule has 0 radical (unpaired) electrons. The second-order valence-corrected chi connectivity index (χ2v) is 13.5. The maximum Gasteiger partial charge on any atom is 0.315 e. The number of hydrogen-bond acceptors (Lipinski definition) is 4. The van der Waals surface area contributed by atoms with E-state index in [1.807, 2.05) is 13.8 Å². The lowest BCUT2D eigenvalue weighted by molar-refractivity contribution is -0.153. The number of allylic oxidation sites excluding steroid dienone is 1. The van der Waals surface area contributed by atoms with E-state index in [1.165, 1.54) is 52.7 Å². The molecule has 0 unspecified atom stereocenters. The number of methoxy groups -OCH3 is 2. The van der Waals surface area contributed by atoms with Crippen LogP contribution in [0.1, 0.15) is 106 Å². The van der Waals surface area contributed by atoms with Gasteiger partial charge >= 0.3 is 11.9 Å². The molecule has 0 heterocycles. The van der Waals surface area contributed by atoms with Crippen LogP contribution in [0.2, 0.25) is 0 Å². The first-order chi connectivity index (χ1) is 16.3. The predicted molar refractivity (Wildman–Crippen MR) is 142 cm³/mol. The summed E-state index contributed by atoms with van der Waals surface area (Å²) in [5, 5.41) is 0. The van der Waals surface area contributed by atoms with Gasteiger partial charge in [-0.05, 0) is 86.9 Å². The number of esters is 2. The van der Waals surface area contributed by atoms with Crippen molar-refractivity contribution < 1.29 is 19.1 Å². The smallest absolute Gasteiger partial charge is 0.315 e. The maximum absolute atomic E-state index is 12.8. The molecular weight excluding hydrogens is 436 g/mol. The quantitative estimate of drug-likeness (QED) is 0.248. The number of fused-ring (bicyclic) bond motifs is 3. The van der Waals surface area contributed by atoms with Gasteiger partial charge in [-0.25, -0.2) is 0 Å². The van der Waals surface area contributed by atoms with Gasteiger partial charge in [-0.1, -0.05) is 65.5 Å². The van der Waals surface area contributed by atoms with Gasteiger partial charge in [-0.3, -0.25) is 9.59 Å². The second-order valence-electron chi connectivity index (χ2n) is 13.5. The Balaban J connectivity index is 1.91. The molecule has 0 aliphatic heterocycles. The van der Waals surface area contributed by atoms with Crippen LogP contribution < -0.4 is 0 Å². The molecular formula is C31H52O4. The molecule has 3 aliphatic rings. The molecule has 0 aromatic carbocycles. The summed E-state index contributed by atoms with van der Waals surface area (Å²) in [6, 6.07) is 0. The fourth-order valence-corrected chi connectivity index (χ4v) is 9.05. The average molecular weight is 489 g/mol. The van der Waals surface area contributed by atoms with Crippen molar-refractivity contribution >= 4 is 11.9 Å². The average Bonchev–Trinajstić information content (AvgIpc) is 3.15. The zero-order valence-electron chi connectivity index (χ0n) is 24.0. The largest absolute Gasteiger partial charge is 0.469 e. The summed E-state index contributed by atoms with van der Waals surface area (Å²) in [7, 11) is 2.93. The van der Waals surface area contributed by atoms with Crippen molar-refractivity contribution in [3.63, 3.8) is 0 Å². The fraction of sp³-hybridized carbons (Fsp3) is 0.871. The van der Waals surface area contributed by atoms with E-state index in [0.717, 1.165) is 36.2 Å². The fourth-order valence-electron chi connectivity index (χ4n) is 9.05. The summed E-state index contributed by atoms with van der Waals surface area (Å²) < 4.78 is 10.4. The first-order valence-corrected chi connectivity index (χ1v) is 14.2. The Bertz CT molecular complexity index is 811. The van der Waals surface area contributed by atoms with Crippen molar-refractivity contribution in [2.75, 3.05) is 14.2 Å². The van der Waals surface area contributed by atoms with Gasteiger partial charge in [0.1, 0.15) is 0 Å². The molecule has 4 heteroatoms. The first kappa shape index (κ1) is 28.3. The molecule has 0 aromatic rings. The molecule has 2 saturated carbocycles. The molecule has 2 fully saturated rings. The van der Waals surface area contributed by atoms with E-state index in [1.54, 1.807) is 0 Å². The second kappa shape index (κ2) is 10.6. The third kappa shape index (κ3) is 5.10. The van der Waals surface area contributed by atoms with Gasteiger partial charge in [-0.2, -0.15) is 0 Å². The van der Waals surface area contributed by atoms with Crippen LogP contribution in [0.15, 0.2) is 11.6 Å².